The molecule has 1 fully saturated rings. The lowest BCUT2D eigenvalue weighted by molar-refractivity contribution is -0.157. The number of carbonyl (C=O) groups excluding carboxylic acids is 5. The zero-order valence-electron chi connectivity index (χ0n) is 74.7. The lowest BCUT2D eigenvalue weighted by Crippen LogP contribution is -2.50. The van der Waals surface area contributed by atoms with E-state index in [-0.39, 0.29) is 88.1 Å². The summed E-state index contributed by atoms with van der Waals surface area (Å²) in [5.41, 5.74) is -1.20. The summed E-state index contributed by atoms with van der Waals surface area (Å²) >= 11 is 12.2. The molecule has 0 saturated carbocycles. The Morgan fingerprint density at radius 1 is 0.477 bits per heavy atom. The number of carbonyl (C=O) groups is 5. The van der Waals surface area contributed by atoms with Crippen LogP contribution in [0.15, 0.2) is 149 Å². The van der Waals surface area contributed by atoms with Gasteiger partial charge in [-0.25, -0.2) is 67.2 Å². The van der Waals surface area contributed by atoms with Gasteiger partial charge >= 0.3 is 52.7 Å². The highest BCUT2D eigenvalue weighted by atomic mass is 35.5. The Balaban J connectivity index is 0.000000167. The fourth-order valence-corrected chi connectivity index (χ4v) is 12.9. The van der Waals surface area contributed by atoms with Gasteiger partial charge in [-0.1, -0.05) is 96.4 Å². The molecule has 1 amide bonds. The van der Waals surface area contributed by atoms with Crippen molar-refractivity contribution in [3.63, 3.8) is 0 Å². The normalized spacial score (nSPS) is 12.4. The van der Waals surface area contributed by atoms with Crippen molar-refractivity contribution < 1.29 is 47.7 Å². The van der Waals surface area contributed by atoms with Gasteiger partial charge in [-0.2, -0.15) is 9.97 Å². The largest absolute Gasteiger partial charge is 0.444 e. The zero-order valence-corrected chi connectivity index (χ0v) is 76.2. The monoisotopic (exact) mass is 1800 g/mol. The van der Waals surface area contributed by atoms with Crippen LogP contribution in [0, 0.1) is 40.4 Å². The van der Waals surface area contributed by atoms with Gasteiger partial charge in [-0.15, -0.1) is 5.92 Å². The molecule has 128 heavy (non-hydrogen) atoms. The zero-order chi connectivity index (χ0) is 94.1. The number of fused-ring (bicyclic) bond motifs is 5. The maximum absolute atomic E-state index is 12.7. The highest BCUT2D eigenvalue weighted by Crippen LogP contribution is 2.30. The topological polar surface area (TPSA) is 451 Å². The molecular weight excluding hydrogens is 1700 g/mol. The summed E-state index contributed by atoms with van der Waals surface area (Å²) in [6.07, 6.45) is 5.51. The Bertz CT molecular complexity index is 6940. The Labute approximate surface area is 740 Å². The van der Waals surface area contributed by atoms with Crippen LogP contribution in [-0.4, -0.2) is 162 Å². The molecule has 3 aromatic carbocycles. The van der Waals surface area contributed by atoms with E-state index in [1.54, 1.807) is 109 Å². The van der Waals surface area contributed by atoms with Crippen LogP contribution >= 0.6 is 23.2 Å². The first-order valence-corrected chi connectivity index (χ1v) is 40.9. The number of hydrogen-bond acceptors (Lipinski definition) is 26. The van der Waals surface area contributed by atoms with Gasteiger partial charge in [0, 0.05) is 60.4 Å². The third kappa shape index (κ3) is 22.2. The number of H-pyrrole nitrogens is 2. The van der Waals surface area contributed by atoms with E-state index in [2.05, 4.69) is 61.6 Å². The van der Waals surface area contributed by atoms with Crippen molar-refractivity contribution in [1.29, 1.82) is 0 Å². The number of esters is 4. The third-order valence-corrected chi connectivity index (χ3v) is 19.9. The van der Waals surface area contributed by atoms with Crippen molar-refractivity contribution in [1.82, 2.24) is 100.0 Å². The number of ether oxygens (including phenoxy) is 5. The molecule has 678 valence electrons. The van der Waals surface area contributed by atoms with E-state index in [4.69, 9.17) is 46.9 Å². The van der Waals surface area contributed by atoms with Crippen LogP contribution < -0.4 is 49.9 Å². The number of hydrogen-bond donors (Lipinski definition) is 2. The van der Waals surface area contributed by atoms with Crippen molar-refractivity contribution >= 4 is 115 Å². The molecule has 0 unspecified atom stereocenters. The summed E-state index contributed by atoms with van der Waals surface area (Å²) < 4.78 is 40.8. The molecule has 14 rings (SSSR count). The standard InChI is InChI=1S/2C19H22N4O4.C18H22Cl2N6O2.C18H20N4O4.C12H16N4O4/c1-12-8-6-7-9-13(12)22-10-20-15-14(22)16(24)21(5)18(26)23(15)11-27-17(25)19(2,3)4;1-19(2,3)17(25)27-12-23-15-14(16(24)21(4)18(23)26)22(11-20-15)10-13-8-6-5-7-9-13;1-5-6-7-26-12-13(19)21-15(20)22-14(12)23-16(26)24-8-10-25(11-9-24)17(27)28-18(2,3)4;1-18(2,3)16(24)26-11-22-14-13(15(23)20-17(22)25)21(10-19-14)9-12-7-5-4-6-8-12;1-12(2,3)10(18)20-6-16-8-7(13-5-14-8)9(17)15(4)11(16)19/h6-10H,11H2,1-5H3;5-9,11H,10,12H2,1-4H3;7-11H2,1-4H3;4-8,10H,9,11H2,1-3H3,(H,20,23,25);5H,6H2,1-4H3,(H,13,14). The van der Waals surface area contributed by atoms with Gasteiger partial charge in [-0.05, 0) is 152 Å². The number of para-hydroxylation sites is 1. The van der Waals surface area contributed by atoms with E-state index in [1.165, 1.54) is 55.6 Å². The molecule has 42 heteroatoms. The van der Waals surface area contributed by atoms with Crippen LogP contribution in [0.25, 0.3) is 61.5 Å². The summed E-state index contributed by atoms with van der Waals surface area (Å²) in [4.78, 5) is 197. The third-order valence-electron chi connectivity index (χ3n) is 19.5. The first-order chi connectivity index (χ1) is 60.0. The molecule has 1 saturated heterocycles. The summed E-state index contributed by atoms with van der Waals surface area (Å²) in [7, 11) is 4.14. The number of aromatic nitrogens is 20. The molecule has 0 bridgehead atoms. The lowest BCUT2D eigenvalue weighted by Gasteiger charge is -2.36. The second kappa shape index (κ2) is 39.2. The van der Waals surface area contributed by atoms with Crippen LogP contribution in [0.4, 0.5) is 10.7 Å². The number of nitrogens with one attached hydrogen (secondary N) is 2. The SMILES string of the molecule is CC#CCn1c(N2CCN(C(=O)OC(C)(C)C)CC2)nc2nc(Cl)nc(Cl)c21.CC(C)(C)C(=O)OCn1c(=O)[nH]c(=O)c2c1ncn2Cc1ccccc1.Cc1ccccc1-n1cnc2c1c(=O)n(C)c(=O)n2COC(=O)C(C)(C)C.Cn1c(=O)c2[nH]cnc2n(COC(=O)C(C)(C)C)c1=O.Cn1c(=O)c2c(ncn2Cc2ccccc2)n(COC(=O)C(C)(C)C)c1=O. The minimum absolute atomic E-state index is 0.0463. The van der Waals surface area contributed by atoms with E-state index in [1.807, 2.05) is 117 Å². The Hall–Kier alpha value is -14.1. The van der Waals surface area contributed by atoms with Gasteiger partial charge in [0.05, 0.1) is 52.9 Å². The number of aryl methyl sites for hydroxylation is 1. The molecule has 1 aliphatic heterocycles. The predicted octanol–water partition coefficient (Wildman–Crippen LogP) is 7.90. The molecule has 0 atom stereocenters. The first kappa shape index (κ1) is 96.1. The van der Waals surface area contributed by atoms with Crippen molar-refractivity contribution in [2.24, 2.45) is 42.8 Å². The molecule has 13 aromatic rings. The fourth-order valence-electron chi connectivity index (χ4n) is 12.4. The number of amides is 1. The van der Waals surface area contributed by atoms with Crippen LogP contribution in [0.3, 0.4) is 0 Å². The summed E-state index contributed by atoms with van der Waals surface area (Å²) in [6, 6.07) is 26.7. The maximum Gasteiger partial charge on any atom is 0.410 e. The van der Waals surface area contributed by atoms with Crippen molar-refractivity contribution in [3.05, 3.63) is 221 Å². The number of halogens is 2. The maximum atomic E-state index is 12.7. The number of benzene rings is 3. The fraction of sp³-hybridized carbons (Fsp3) is 0.419. The first-order valence-electron chi connectivity index (χ1n) is 40.2. The molecule has 2 N–H and O–H groups in total. The van der Waals surface area contributed by atoms with Crippen molar-refractivity contribution in [2.45, 2.75) is 170 Å². The van der Waals surface area contributed by atoms with Crippen LogP contribution in [0.5, 0.6) is 0 Å². The predicted molar refractivity (Wildman–Crippen MR) is 477 cm³/mol. The van der Waals surface area contributed by atoms with E-state index in [9.17, 15) is 62.3 Å². The van der Waals surface area contributed by atoms with Gasteiger partial charge in [0.2, 0.25) is 11.2 Å². The molecule has 1 aliphatic rings. The van der Waals surface area contributed by atoms with Crippen molar-refractivity contribution in [2.75, 3.05) is 31.1 Å². The number of nitrogens with zero attached hydrogens (tertiary/aromatic N) is 20. The minimum Gasteiger partial charge on any atom is -0.444 e. The number of aromatic amines is 2. The van der Waals surface area contributed by atoms with E-state index >= 15 is 0 Å². The summed E-state index contributed by atoms with van der Waals surface area (Å²) in [5.74, 6) is 4.80. The molecule has 0 spiro atoms. The molecule has 11 heterocycles. The molecule has 10 aromatic heterocycles. The average molecular weight is 1800 g/mol. The number of imidazole rings is 5. The van der Waals surface area contributed by atoms with Gasteiger partial charge in [0.25, 0.3) is 22.2 Å². The molecule has 0 aliphatic carbocycles. The number of piperazine rings is 1. The second-order valence-electron chi connectivity index (χ2n) is 34.7. The van der Waals surface area contributed by atoms with E-state index in [0.29, 0.717) is 62.9 Å². The summed E-state index contributed by atoms with van der Waals surface area (Å²) in [5, 5.41) is 0.282. The van der Waals surface area contributed by atoms with Gasteiger partial charge in [-0.3, -0.25) is 66.2 Å². The van der Waals surface area contributed by atoms with E-state index < -0.39 is 96.1 Å². The molecule has 40 nitrogen and oxygen atoms in total. The molecular formula is C86H102Cl2N22O18. The van der Waals surface area contributed by atoms with Crippen LogP contribution in [-0.2, 0) is 111 Å². The Morgan fingerprint density at radius 2 is 0.906 bits per heavy atom. The van der Waals surface area contributed by atoms with Crippen LogP contribution in [0.2, 0.25) is 10.4 Å². The second-order valence-corrected chi connectivity index (χ2v) is 35.4. The Kier molecular flexibility index (Phi) is 29.4. The number of rotatable bonds is 15. The molecule has 0 radical (unpaired) electrons. The van der Waals surface area contributed by atoms with Gasteiger partial charge < -0.3 is 47.6 Å². The van der Waals surface area contributed by atoms with Crippen molar-refractivity contribution in [3.8, 4) is 17.5 Å². The summed E-state index contributed by atoms with van der Waals surface area (Å²) in [6.45, 7) is 32.2. The highest BCUT2D eigenvalue weighted by Gasteiger charge is 2.32. The van der Waals surface area contributed by atoms with Gasteiger partial charge in [0.15, 0.2) is 76.9 Å². The van der Waals surface area contributed by atoms with Gasteiger partial charge in [0.1, 0.15) is 23.0 Å². The number of anilines is 1. The quantitative estimate of drug-likeness (QED) is 0.0323. The van der Waals surface area contributed by atoms with Crippen LogP contribution in [0.1, 0.15) is 127 Å². The lowest BCUT2D eigenvalue weighted by atomic mass is 9.97. The smallest absolute Gasteiger partial charge is 0.410 e. The average Bonchev–Trinajstić information content (AvgIpc) is 1.59. The Morgan fingerprint density at radius 3 is 1.38 bits per heavy atom. The van der Waals surface area contributed by atoms with E-state index in [0.717, 1.165) is 45.2 Å². The minimum atomic E-state index is -0.704. The highest BCUT2D eigenvalue weighted by molar-refractivity contribution is 6.35.